The Bertz CT molecular complexity index is 287. The lowest BCUT2D eigenvalue weighted by molar-refractivity contribution is 0.570. The third kappa shape index (κ3) is 1.24. The Morgan fingerprint density at radius 2 is 2.25 bits per heavy atom. The average molecular weight is 185 g/mol. The number of hydrogen-bond acceptors (Lipinski definition) is 1. The molecule has 1 saturated carbocycles. The molecule has 3 heteroatoms. The molecule has 2 nitrogen and oxygen atoms in total. The predicted octanol–water partition coefficient (Wildman–Crippen LogP) is 2.99. The standard InChI is InChI=1S/C9H13ClN2/c1-6(2)12-8(10)5-11-9(12)7-3-4-7/h5-7H,3-4H2,1-2H3. The van der Waals surface area contributed by atoms with Crippen molar-refractivity contribution >= 4 is 11.6 Å². The summed E-state index contributed by atoms with van der Waals surface area (Å²) >= 11 is 6.01. The van der Waals surface area contributed by atoms with E-state index in [4.69, 9.17) is 11.6 Å². The van der Waals surface area contributed by atoms with Crippen LogP contribution in [0, 0.1) is 0 Å². The summed E-state index contributed by atoms with van der Waals surface area (Å²) in [5.41, 5.74) is 0. The molecule has 0 radical (unpaired) electrons. The molecule has 0 amide bonds. The largest absolute Gasteiger partial charge is 0.316 e. The quantitative estimate of drug-likeness (QED) is 0.691. The summed E-state index contributed by atoms with van der Waals surface area (Å²) in [5.74, 6) is 1.86. The van der Waals surface area contributed by atoms with Crippen molar-refractivity contribution in [2.45, 2.75) is 38.6 Å². The Hall–Kier alpha value is -0.500. The molecule has 0 aromatic carbocycles. The fraction of sp³-hybridized carbons (Fsp3) is 0.667. The number of halogens is 1. The van der Waals surface area contributed by atoms with E-state index in [0.29, 0.717) is 12.0 Å². The first-order chi connectivity index (χ1) is 5.70. The van der Waals surface area contributed by atoms with Crippen LogP contribution in [0.3, 0.4) is 0 Å². The second kappa shape index (κ2) is 2.77. The summed E-state index contributed by atoms with van der Waals surface area (Å²) in [4.78, 5) is 4.33. The van der Waals surface area contributed by atoms with Crippen LogP contribution in [0.1, 0.15) is 44.5 Å². The summed E-state index contributed by atoms with van der Waals surface area (Å²) in [6.45, 7) is 4.28. The molecule has 1 aliphatic carbocycles. The fourth-order valence-corrected chi connectivity index (χ4v) is 1.84. The molecule has 0 N–H and O–H groups in total. The van der Waals surface area contributed by atoms with Crippen LogP contribution in [0.5, 0.6) is 0 Å². The van der Waals surface area contributed by atoms with Gasteiger partial charge in [-0.3, -0.25) is 0 Å². The van der Waals surface area contributed by atoms with Crippen molar-refractivity contribution in [3.8, 4) is 0 Å². The number of hydrogen-bond donors (Lipinski definition) is 0. The minimum absolute atomic E-state index is 0.426. The highest BCUT2D eigenvalue weighted by Crippen LogP contribution is 2.41. The fourth-order valence-electron chi connectivity index (χ4n) is 1.51. The Balaban J connectivity index is 2.39. The molecule has 1 aliphatic rings. The van der Waals surface area contributed by atoms with Gasteiger partial charge < -0.3 is 4.57 Å². The SMILES string of the molecule is CC(C)n1c(Cl)cnc1C1CC1. The molecule has 12 heavy (non-hydrogen) atoms. The van der Waals surface area contributed by atoms with Crippen LogP contribution in [0.2, 0.25) is 5.15 Å². The van der Waals surface area contributed by atoms with Gasteiger partial charge in [-0.25, -0.2) is 4.98 Å². The van der Waals surface area contributed by atoms with E-state index in [0.717, 1.165) is 5.15 Å². The lowest BCUT2D eigenvalue weighted by atomic mass is 10.3. The van der Waals surface area contributed by atoms with Gasteiger partial charge in [-0.05, 0) is 26.7 Å². The van der Waals surface area contributed by atoms with Gasteiger partial charge in [-0.1, -0.05) is 11.6 Å². The molecule has 0 saturated heterocycles. The summed E-state index contributed by atoms with van der Waals surface area (Å²) in [5, 5.41) is 0.770. The van der Waals surface area contributed by atoms with Crippen LogP contribution < -0.4 is 0 Å². The molecule has 66 valence electrons. The minimum Gasteiger partial charge on any atom is -0.316 e. The summed E-state index contributed by atoms with van der Waals surface area (Å²) < 4.78 is 2.12. The van der Waals surface area contributed by atoms with Crippen LogP contribution in [-0.4, -0.2) is 9.55 Å². The minimum atomic E-state index is 0.426. The lowest BCUT2D eigenvalue weighted by Gasteiger charge is -2.11. The first kappa shape index (κ1) is 8.11. The van der Waals surface area contributed by atoms with E-state index >= 15 is 0 Å². The summed E-state index contributed by atoms with van der Waals surface area (Å²) in [6, 6.07) is 0.426. The molecule has 0 aliphatic heterocycles. The molecule has 0 atom stereocenters. The van der Waals surface area contributed by atoms with Crippen molar-refractivity contribution in [3.05, 3.63) is 17.2 Å². The Kier molecular flexibility index (Phi) is 1.87. The van der Waals surface area contributed by atoms with Gasteiger partial charge in [0.05, 0.1) is 6.20 Å². The molecule has 0 unspecified atom stereocenters. The molecule has 0 bridgehead atoms. The highest BCUT2D eigenvalue weighted by molar-refractivity contribution is 6.29. The first-order valence-electron chi connectivity index (χ1n) is 4.42. The molecule has 2 rings (SSSR count). The van der Waals surface area contributed by atoms with Gasteiger partial charge in [-0.15, -0.1) is 0 Å². The summed E-state index contributed by atoms with van der Waals surface area (Å²) in [7, 11) is 0. The van der Waals surface area contributed by atoms with Gasteiger partial charge in [0.2, 0.25) is 0 Å². The maximum atomic E-state index is 6.01. The molecular weight excluding hydrogens is 172 g/mol. The van der Waals surface area contributed by atoms with Gasteiger partial charge in [-0.2, -0.15) is 0 Å². The Labute approximate surface area is 77.6 Å². The van der Waals surface area contributed by atoms with Crippen LogP contribution in [-0.2, 0) is 0 Å². The third-order valence-corrected chi connectivity index (χ3v) is 2.52. The van der Waals surface area contributed by atoms with Crippen LogP contribution in [0.4, 0.5) is 0 Å². The normalized spacial score (nSPS) is 17.3. The molecular formula is C9H13ClN2. The van der Waals surface area contributed by atoms with E-state index in [1.54, 1.807) is 6.20 Å². The van der Waals surface area contributed by atoms with Gasteiger partial charge in [0, 0.05) is 12.0 Å². The average Bonchev–Trinajstić information content (AvgIpc) is 2.75. The molecule has 0 spiro atoms. The van der Waals surface area contributed by atoms with Crippen molar-refractivity contribution in [1.82, 2.24) is 9.55 Å². The van der Waals surface area contributed by atoms with Crippen LogP contribution in [0.25, 0.3) is 0 Å². The Morgan fingerprint density at radius 3 is 2.75 bits per heavy atom. The van der Waals surface area contributed by atoms with E-state index in [2.05, 4.69) is 23.4 Å². The third-order valence-electron chi connectivity index (χ3n) is 2.24. The van der Waals surface area contributed by atoms with E-state index in [1.165, 1.54) is 18.7 Å². The van der Waals surface area contributed by atoms with Crippen molar-refractivity contribution in [2.75, 3.05) is 0 Å². The lowest BCUT2D eigenvalue weighted by Crippen LogP contribution is -2.05. The molecule has 1 heterocycles. The van der Waals surface area contributed by atoms with E-state index in [9.17, 15) is 0 Å². The van der Waals surface area contributed by atoms with Crippen molar-refractivity contribution in [1.29, 1.82) is 0 Å². The highest BCUT2D eigenvalue weighted by atomic mass is 35.5. The smallest absolute Gasteiger partial charge is 0.129 e. The van der Waals surface area contributed by atoms with Crippen molar-refractivity contribution < 1.29 is 0 Å². The maximum Gasteiger partial charge on any atom is 0.129 e. The summed E-state index contributed by atoms with van der Waals surface area (Å²) in [6.07, 6.45) is 4.31. The zero-order valence-electron chi connectivity index (χ0n) is 7.42. The number of aromatic nitrogens is 2. The molecule has 1 fully saturated rings. The molecule has 1 aromatic rings. The van der Waals surface area contributed by atoms with Crippen molar-refractivity contribution in [2.24, 2.45) is 0 Å². The second-order valence-corrected chi connectivity index (χ2v) is 4.06. The van der Waals surface area contributed by atoms with Gasteiger partial charge in [0.1, 0.15) is 11.0 Å². The predicted molar refractivity (Wildman–Crippen MR) is 49.6 cm³/mol. The number of rotatable bonds is 2. The van der Waals surface area contributed by atoms with E-state index in [1.807, 2.05) is 0 Å². The first-order valence-corrected chi connectivity index (χ1v) is 4.80. The topological polar surface area (TPSA) is 17.8 Å². The second-order valence-electron chi connectivity index (χ2n) is 3.68. The van der Waals surface area contributed by atoms with Gasteiger partial charge in [0.25, 0.3) is 0 Å². The maximum absolute atomic E-state index is 6.01. The highest BCUT2D eigenvalue weighted by Gasteiger charge is 2.29. The zero-order valence-corrected chi connectivity index (χ0v) is 8.17. The van der Waals surface area contributed by atoms with E-state index < -0.39 is 0 Å². The monoisotopic (exact) mass is 184 g/mol. The number of nitrogens with zero attached hydrogens (tertiary/aromatic N) is 2. The zero-order chi connectivity index (χ0) is 8.72. The van der Waals surface area contributed by atoms with Gasteiger partial charge >= 0.3 is 0 Å². The van der Waals surface area contributed by atoms with Crippen LogP contribution >= 0.6 is 11.6 Å². The molecule has 1 aromatic heterocycles. The van der Waals surface area contributed by atoms with E-state index in [-0.39, 0.29) is 0 Å². The number of imidazole rings is 1. The Morgan fingerprint density at radius 1 is 1.58 bits per heavy atom. The van der Waals surface area contributed by atoms with Crippen LogP contribution in [0.15, 0.2) is 6.20 Å². The van der Waals surface area contributed by atoms with Gasteiger partial charge in [0.15, 0.2) is 0 Å². The van der Waals surface area contributed by atoms with Crippen molar-refractivity contribution in [3.63, 3.8) is 0 Å².